The lowest BCUT2D eigenvalue weighted by Crippen LogP contribution is -2.13. The molecule has 0 aliphatic heterocycles. The van der Waals surface area contributed by atoms with Crippen LogP contribution in [0.3, 0.4) is 0 Å². The summed E-state index contributed by atoms with van der Waals surface area (Å²) in [5.74, 6) is 1.93. The fourth-order valence-electron chi connectivity index (χ4n) is 3.39. The zero-order valence-corrected chi connectivity index (χ0v) is 18.2. The highest BCUT2D eigenvalue weighted by Crippen LogP contribution is 2.36. The van der Waals surface area contributed by atoms with E-state index in [4.69, 9.17) is 14.2 Å². The van der Waals surface area contributed by atoms with Gasteiger partial charge in [-0.2, -0.15) is 0 Å². The van der Waals surface area contributed by atoms with Gasteiger partial charge in [-0.1, -0.05) is 12.1 Å². The van der Waals surface area contributed by atoms with E-state index in [9.17, 15) is 4.79 Å². The van der Waals surface area contributed by atoms with Crippen LogP contribution in [-0.2, 0) is 11.3 Å². The molecule has 0 atom stereocenters. The standard InChI is InChI=1S/C23H24BrNO4/c1-3-28-23(26)22-21(24)19-10-9-18(29-14-15-7-8-15)12-20(19)25(22)13-16-5-4-6-17(11-16)27-2/h4-6,9-12,15H,3,7-8,13-14H2,1-2H3. The number of carbonyl (C=O) groups excluding carboxylic acids is 1. The van der Waals surface area contributed by atoms with Gasteiger partial charge in [0.1, 0.15) is 17.2 Å². The third-order valence-corrected chi connectivity index (χ3v) is 5.90. The molecule has 0 bridgehead atoms. The molecule has 0 saturated heterocycles. The van der Waals surface area contributed by atoms with Crippen LogP contribution in [0.15, 0.2) is 46.9 Å². The Bertz CT molecular complexity index is 1040. The quantitative estimate of drug-likeness (QED) is 0.423. The van der Waals surface area contributed by atoms with E-state index in [1.165, 1.54) is 12.8 Å². The molecule has 0 spiro atoms. The van der Waals surface area contributed by atoms with Gasteiger partial charge in [-0.25, -0.2) is 4.79 Å². The third kappa shape index (κ3) is 4.27. The first kappa shape index (κ1) is 19.8. The number of benzene rings is 2. The van der Waals surface area contributed by atoms with Crippen molar-refractivity contribution >= 4 is 32.8 Å². The largest absolute Gasteiger partial charge is 0.497 e. The molecule has 0 radical (unpaired) electrons. The minimum Gasteiger partial charge on any atom is -0.497 e. The normalized spacial score (nSPS) is 13.5. The van der Waals surface area contributed by atoms with Crippen molar-refractivity contribution in [1.29, 1.82) is 0 Å². The molecule has 0 N–H and O–H groups in total. The zero-order chi connectivity index (χ0) is 20.4. The molecule has 0 unspecified atom stereocenters. The summed E-state index contributed by atoms with van der Waals surface area (Å²) in [5.41, 5.74) is 2.46. The summed E-state index contributed by atoms with van der Waals surface area (Å²) in [6.45, 7) is 3.39. The molecule has 4 rings (SSSR count). The number of hydrogen-bond donors (Lipinski definition) is 0. The molecule has 152 valence electrons. The number of rotatable bonds is 8. The summed E-state index contributed by atoms with van der Waals surface area (Å²) in [5, 5.41) is 0.953. The van der Waals surface area contributed by atoms with Gasteiger partial charge in [0, 0.05) is 18.0 Å². The molecular formula is C23H24BrNO4. The first-order chi connectivity index (χ1) is 14.1. The maximum absolute atomic E-state index is 12.7. The van der Waals surface area contributed by atoms with Crippen LogP contribution < -0.4 is 9.47 Å². The second kappa shape index (κ2) is 8.49. The smallest absolute Gasteiger partial charge is 0.356 e. The van der Waals surface area contributed by atoms with E-state index in [0.717, 1.165) is 39.0 Å². The first-order valence-electron chi connectivity index (χ1n) is 9.85. The fourth-order valence-corrected chi connectivity index (χ4v) is 4.10. The molecular weight excluding hydrogens is 434 g/mol. The van der Waals surface area contributed by atoms with Crippen LogP contribution in [0.5, 0.6) is 11.5 Å². The van der Waals surface area contributed by atoms with E-state index < -0.39 is 0 Å². The van der Waals surface area contributed by atoms with Crippen LogP contribution >= 0.6 is 15.9 Å². The SMILES string of the molecule is CCOC(=O)c1c(Br)c2ccc(OCC3CC3)cc2n1Cc1cccc(OC)c1. The van der Waals surface area contributed by atoms with Gasteiger partial charge in [-0.15, -0.1) is 0 Å². The van der Waals surface area contributed by atoms with Crippen molar-refractivity contribution in [3.8, 4) is 11.5 Å². The Morgan fingerprint density at radius 3 is 2.72 bits per heavy atom. The Morgan fingerprint density at radius 1 is 1.17 bits per heavy atom. The zero-order valence-electron chi connectivity index (χ0n) is 16.6. The second-order valence-corrected chi connectivity index (χ2v) is 8.05. The number of aromatic nitrogens is 1. The summed E-state index contributed by atoms with van der Waals surface area (Å²) in [4.78, 5) is 12.7. The van der Waals surface area contributed by atoms with Gasteiger partial charge >= 0.3 is 5.97 Å². The minimum atomic E-state index is -0.348. The van der Waals surface area contributed by atoms with Crippen LogP contribution in [0, 0.1) is 5.92 Å². The number of nitrogens with zero attached hydrogens (tertiary/aromatic N) is 1. The van der Waals surface area contributed by atoms with Gasteiger partial charge in [0.2, 0.25) is 0 Å². The average Bonchev–Trinajstić information content (AvgIpc) is 3.52. The molecule has 1 saturated carbocycles. The summed E-state index contributed by atoms with van der Waals surface area (Å²) < 4.78 is 19.4. The van der Waals surface area contributed by atoms with Gasteiger partial charge in [-0.3, -0.25) is 0 Å². The van der Waals surface area contributed by atoms with E-state index in [1.807, 2.05) is 54.0 Å². The van der Waals surface area contributed by atoms with Crippen molar-refractivity contribution in [2.45, 2.75) is 26.3 Å². The molecule has 5 nitrogen and oxygen atoms in total. The average molecular weight is 458 g/mol. The molecule has 29 heavy (non-hydrogen) atoms. The predicted octanol–water partition coefficient (Wildman–Crippen LogP) is 5.43. The minimum absolute atomic E-state index is 0.321. The van der Waals surface area contributed by atoms with Crippen LogP contribution in [0.2, 0.25) is 0 Å². The van der Waals surface area contributed by atoms with Crippen molar-refractivity contribution in [2.75, 3.05) is 20.3 Å². The molecule has 6 heteroatoms. The number of halogens is 1. The number of carbonyl (C=O) groups is 1. The third-order valence-electron chi connectivity index (χ3n) is 5.10. The summed E-state index contributed by atoms with van der Waals surface area (Å²) >= 11 is 3.62. The van der Waals surface area contributed by atoms with Crippen LogP contribution in [-0.4, -0.2) is 30.9 Å². The molecule has 1 aliphatic carbocycles. The molecule has 1 fully saturated rings. The van der Waals surface area contributed by atoms with E-state index in [0.29, 0.717) is 24.8 Å². The summed E-state index contributed by atoms with van der Waals surface area (Å²) in [7, 11) is 1.65. The van der Waals surface area contributed by atoms with Gasteiger partial charge in [0.25, 0.3) is 0 Å². The molecule has 1 heterocycles. The van der Waals surface area contributed by atoms with Crippen molar-refractivity contribution in [3.63, 3.8) is 0 Å². The summed E-state index contributed by atoms with van der Waals surface area (Å²) in [6.07, 6.45) is 2.49. The number of fused-ring (bicyclic) bond motifs is 1. The topological polar surface area (TPSA) is 49.7 Å². The van der Waals surface area contributed by atoms with Crippen molar-refractivity contribution in [1.82, 2.24) is 4.57 Å². The number of esters is 1. The highest BCUT2D eigenvalue weighted by Gasteiger charge is 2.24. The molecule has 3 aromatic rings. The Hall–Kier alpha value is -2.47. The lowest BCUT2D eigenvalue weighted by atomic mass is 10.2. The first-order valence-corrected chi connectivity index (χ1v) is 10.6. The predicted molar refractivity (Wildman–Crippen MR) is 116 cm³/mol. The highest BCUT2D eigenvalue weighted by atomic mass is 79.9. The number of ether oxygens (including phenoxy) is 3. The molecule has 0 amide bonds. The monoisotopic (exact) mass is 457 g/mol. The van der Waals surface area contributed by atoms with E-state index in [1.54, 1.807) is 7.11 Å². The van der Waals surface area contributed by atoms with Crippen LogP contribution in [0.25, 0.3) is 10.9 Å². The number of methoxy groups -OCH3 is 1. The second-order valence-electron chi connectivity index (χ2n) is 7.25. The molecule has 1 aromatic heterocycles. The maximum atomic E-state index is 12.7. The Morgan fingerprint density at radius 2 is 2.00 bits per heavy atom. The van der Waals surface area contributed by atoms with Crippen LogP contribution in [0.4, 0.5) is 0 Å². The van der Waals surface area contributed by atoms with Crippen molar-refractivity contribution in [2.24, 2.45) is 5.92 Å². The summed E-state index contributed by atoms with van der Waals surface area (Å²) in [6, 6.07) is 13.8. The fraction of sp³-hybridized carbons (Fsp3) is 0.348. The van der Waals surface area contributed by atoms with E-state index in [2.05, 4.69) is 15.9 Å². The van der Waals surface area contributed by atoms with E-state index >= 15 is 0 Å². The lowest BCUT2D eigenvalue weighted by molar-refractivity contribution is 0.0514. The van der Waals surface area contributed by atoms with E-state index in [-0.39, 0.29) is 5.97 Å². The van der Waals surface area contributed by atoms with Gasteiger partial charge in [0.05, 0.1) is 30.3 Å². The number of hydrogen-bond acceptors (Lipinski definition) is 4. The highest BCUT2D eigenvalue weighted by molar-refractivity contribution is 9.10. The van der Waals surface area contributed by atoms with Gasteiger partial charge in [-0.05, 0) is 71.4 Å². The van der Waals surface area contributed by atoms with Crippen molar-refractivity contribution in [3.05, 3.63) is 58.2 Å². The van der Waals surface area contributed by atoms with Gasteiger partial charge < -0.3 is 18.8 Å². The van der Waals surface area contributed by atoms with Gasteiger partial charge in [0.15, 0.2) is 0 Å². The Labute approximate surface area is 178 Å². The van der Waals surface area contributed by atoms with Crippen LogP contribution in [0.1, 0.15) is 35.8 Å². The van der Waals surface area contributed by atoms with Crippen molar-refractivity contribution < 1.29 is 19.0 Å². The maximum Gasteiger partial charge on any atom is 0.356 e. The Balaban J connectivity index is 1.78. The molecule has 1 aliphatic rings. The molecule has 2 aromatic carbocycles. The lowest BCUT2D eigenvalue weighted by Gasteiger charge is -2.12. The Kier molecular flexibility index (Phi) is 5.81.